The van der Waals surface area contributed by atoms with E-state index in [1.165, 1.54) is 16.3 Å². The van der Waals surface area contributed by atoms with Crippen molar-refractivity contribution in [3.05, 3.63) is 82.8 Å². The lowest BCUT2D eigenvalue weighted by atomic mass is 10.1. The number of para-hydroxylation sites is 1. The van der Waals surface area contributed by atoms with Crippen molar-refractivity contribution in [3.8, 4) is 0 Å². The molecule has 146 valence electrons. The van der Waals surface area contributed by atoms with Crippen LogP contribution in [0.3, 0.4) is 0 Å². The zero-order valence-electron chi connectivity index (χ0n) is 15.8. The number of hydrogen-bond acceptors (Lipinski definition) is 5. The van der Waals surface area contributed by atoms with Gasteiger partial charge in [-0.25, -0.2) is 9.48 Å². The van der Waals surface area contributed by atoms with Gasteiger partial charge in [-0.15, -0.1) is 5.10 Å². The Bertz CT molecular complexity index is 1220. The number of carbonyl (C=O) groups excluding carboxylic acids is 1. The van der Waals surface area contributed by atoms with Gasteiger partial charge >= 0.3 is 5.69 Å². The molecule has 0 spiro atoms. The van der Waals surface area contributed by atoms with E-state index in [9.17, 15) is 9.59 Å². The van der Waals surface area contributed by atoms with Gasteiger partial charge < -0.3 is 5.32 Å². The normalized spacial score (nSPS) is 10.9. The second-order valence-corrected chi connectivity index (χ2v) is 7.45. The summed E-state index contributed by atoms with van der Waals surface area (Å²) in [6.07, 6.45) is 0.802. The Kier molecular flexibility index (Phi) is 5.44. The summed E-state index contributed by atoms with van der Waals surface area (Å²) in [5, 5.41) is 12.1. The summed E-state index contributed by atoms with van der Waals surface area (Å²) < 4.78 is 2.35. The van der Waals surface area contributed by atoms with Crippen LogP contribution >= 0.6 is 11.8 Å². The van der Waals surface area contributed by atoms with Crippen LogP contribution in [-0.2, 0) is 17.8 Å². The molecule has 0 saturated carbocycles. The van der Waals surface area contributed by atoms with Gasteiger partial charge in [0.15, 0.2) is 5.65 Å². The maximum atomic E-state index is 12.7. The highest BCUT2D eigenvalue weighted by Gasteiger charge is 2.13. The SMILES string of the molecule is CCc1ccccc1NC(=O)Cn1nc2ccc(Sc3ccccc3)nn2c1=O. The number of nitrogens with zero attached hydrogens (tertiary/aromatic N) is 4. The molecular formula is C21H19N5O2S. The molecule has 0 saturated heterocycles. The Morgan fingerprint density at radius 2 is 1.76 bits per heavy atom. The number of aryl methyl sites for hydroxylation is 1. The number of rotatable bonds is 6. The number of anilines is 1. The molecule has 7 nitrogen and oxygen atoms in total. The Morgan fingerprint density at radius 1 is 1.00 bits per heavy atom. The third-order valence-corrected chi connectivity index (χ3v) is 5.28. The number of amides is 1. The minimum atomic E-state index is -0.450. The van der Waals surface area contributed by atoms with E-state index in [0.717, 1.165) is 27.2 Å². The van der Waals surface area contributed by atoms with Gasteiger partial charge in [-0.2, -0.15) is 9.61 Å². The summed E-state index contributed by atoms with van der Waals surface area (Å²) in [5.74, 6) is -0.310. The van der Waals surface area contributed by atoms with E-state index in [4.69, 9.17) is 0 Å². The highest BCUT2D eigenvalue weighted by atomic mass is 32.2. The van der Waals surface area contributed by atoms with Crippen LogP contribution in [0.2, 0.25) is 0 Å². The van der Waals surface area contributed by atoms with Crippen LogP contribution in [0.4, 0.5) is 5.69 Å². The first-order chi connectivity index (χ1) is 14.1. The van der Waals surface area contributed by atoms with Gasteiger partial charge in [0.05, 0.1) is 0 Å². The summed E-state index contributed by atoms with van der Waals surface area (Å²) in [7, 11) is 0. The van der Waals surface area contributed by atoms with Gasteiger partial charge in [0.1, 0.15) is 11.6 Å². The van der Waals surface area contributed by atoms with E-state index < -0.39 is 5.69 Å². The molecule has 4 aromatic rings. The van der Waals surface area contributed by atoms with Crippen molar-refractivity contribution in [3.63, 3.8) is 0 Å². The van der Waals surface area contributed by atoms with Crippen LogP contribution in [0, 0.1) is 0 Å². The molecule has 1 amide bonds. The van der Waals surface area contributed by atoms with Gasteiger partial charge in [-0.05, 0) is 42.3 Å². The monoisotopic (exact) mass is 405 g/mol. The Hall–Kier alpha value is -3.39. The predicted octanol–water partition coefficient (Wildman–Crippen LogP) is 3.24. The van der Waals surface area contributed by atoms with Gasteiger partial charge in [0, 0.05) is 10.6 Å². The van der Waals surface area contributed by atoms with E-state index in [1.54, 1.807) is 12.1 Å². The van der Waals surface area contributed by atoms with Crippen LogP contribution in [0.1, 0.15) is 12.5 Å². The number of carbonyl (C=O) groups is 1. The lowest BCUT2D eigenvalue weighted by molar-refractivity contribution is -0.117. The molecular weight excluding hydrogens is 386 g/mol. The second kappa shape index (κ2) is 8.32. The van der Waals surface area contributed by atoms with Crippen molar-refractivity contribution in [1.29, 1.82) is 0 Å². The molecule has 8 heteroatoms. The van der Waals surface area contributed by atoms with Crippen molar-refractivity contribution in [2.75, 3.05) is 5.32 Å². The molecule has 0 radical (unpaired) electrons. The fraction of sp³-hybridized carbons (Fsp3) is 0.143. The minimum Gasteiger partial charge on any atom is -0.324 e. The summed E-state index contributed by atoms with van der Waals surface area (Å²) in [4.78, 5) is 26.1. The Balaban J connectivity index is 1.54. The molecule has 0 bridgehead atoms. The lowest BCUT2D eigenvalue weighted by Crippen LogP contribution is -2.29. The molecule has 29 heavy (non-hydrogen) atoms. The van der Waals surface area contributed by atoms with Gasteiger partial charge in [-0.1, -0.05) is 55.1 Å². The van der Waals surface area contributed by atoms with Crippen molar-refractivity contribution in [1.82, 2.24) is 19.4 Å². The zero-order chi connectivity index (χ0) is 20.2. The molecule has 0 unspecified atom stereocenters. The van der Waals surface area contributed by atoms with Crippen LogP contribution < -0.4 is 11.0 Å². The largest absolute Gasteiger partial charge is 0.367 e. The van der Waals surface area contributed by atoms with Crippen LogP contribution in [0.15, 0.2) is 81.4 Å². The van der Waals surface area contributed by atoms with Crippen molar-refractivity contribution >= 4 is 29.0 Å². The van der Waals surface area contributed by atoms with E-state index in [0.29, 0.717) is 10.7 Å². The summed E-state index contributed by atoms with van der Waals surface area (Å²) >= 11 is 1.45. The first-order valence-electron chi connectivity index (χ1n) is 9.21. The van der Waals surface area contributed by atoms with Crippen molar-refractivity contribution < 1.29 is 4.79 Å². The van der Waals surface area contributed by atoms with Gasteiger partial charge in [0.2, 0.25) is 5.91 Å². The standard InChI is InChI=1S/C21H19N5O2S/c1-2-15-8-6-7-11-17(15)22-19(27)14-25-21(28)26-18(23-25)12-13-20(24-26)29-16-9-4-3-5-10-16/h3-13H,2,14H2,1H3,(H,22,27). The number of hydrogen-bond donors (Lipinski definition) is 1. The van der Waals surface area contributed by atoms with E-state index in [-0.39, 0.29) is 12.5 Å². The first kappa shape index (κ1) is 18.9. The van der Waals surface area contributed by atoms with E-state index >= 15 is 0 Å². The fourth-order valence-electron chi connectivity index (χ4n) is 2.93. The second-order valence-electron chi connectivity index (χ2n) is 6.36. The predicted molar refractivity (Wildman–Crippen MR) is 112 cm³/mol. The minimum absolute atomic E-state index is 0.179. The summed E-state index contributed by atoms with van der Waals surface area (Å²) in [6.45, 7) is 1.84. The lowest BCUT2D eigenvalue weighted by Gasteiger charge is -2.09. The third-order valence-electron chi connectivity index (χ3n) is 4.35. The molecule has 1 N–H and O–H groups in total. The fourth-order valence-corrected chi connectivity index (χ4v) is 3.73. The van der Waals surface area contributed by atoms with Crippen LogP contribution in [0.5, 0.6) is 0 Å². The van der Waals surface area contributed by atoms with Crippen molar-refractivity contribution in [2.45, 2.75) is 29.8 Å². The van der Waals surface area contributed by atoms with E-state index in [1.807, 2.05) is 61.5 Å². The van der Waals surface area contributed by atoms with Crippen molar-refractivity contribution in [2.24, 2.45) is 0 Å². The number of benzene rings is 2. The molecule has 2 heterocycles. The molecule has 2 aromatic carbocycles. The first-order valence-corrected chi connectivity index (χ1v) is 10.0. The smallest absolute Gasteiger partial charge is 0.324 e. The highest BCUT2D eigenvalue weighted by molar-refractivity contribution is 7.99. The number of nitrogens with one attached hydrogen (secondary N) is 1. The molecule has 0 aliphatic rings. The number of aromatic nitrogens is 4. The topological polar surface area (TPSA) is 81.3 Å². The van der Waals surface area contributed by atoms with E-state index in [2.05, 4.69) is 15.5 Å². The molecule has 2 aromatic heterocycles. The average Bonchev–Trinajstić information content (AvgIpc) is 3.04. The molecule has 0 fully saturated rings. The average molecular weight is 405 g/mol. The molecule has 0 aliphatic heterocycles. The van der Waals surface area contributed by atoms with Crippen LogP contribution in [0.25, 0.3) is 5.65 Å². The Labute approximate surface area is 171 Å². The molecule has 4 rings (SSSR count). The maximum absolute atomic E-state index is 12.7. The Morgan fingerprint density at radius 3 is 2.55 bits per heavy atom. The maximum Gasteiger partial charge on any atom is 0.367 e. The quantitative estimate of drug-likeness (QED) is 0.533. The zero-order valence-corrected chi connectivity index (χ0v) is 16.6. The van der Waals surface area contributed by atoms with Gasteiger partial charge in [0.25, 0.3) is 0 Å². The van der Waals surface area contributed by atoms with Gasteiger partial charge in [-0.3, -0.25) is 4.79 Å². The number of fused-ring (bicyclic) bond motifs is 1. The third kappa shape index (κ3) is 4.22. The summed E-state index contributed by atoms with van der Waals surface area (Å²) in [6, 6.07) is 20.9. The highest BCUT2D eigenvalue weighted by Crippen LogP contribution is 2.25. The molecule has 0 aliphatic carbocycles. The molecule has 0 atom stereocenters. The summed E-state index contributed by atoms with van der Waals surface area (Å²) in [5.41, 5.74) is 1.73. The van der Waals surface area contributed by atoms with Crippen LogP contribution in [-0.4, -0.2) is 25.3 Å².